The second-order valence-electron chi connectivity index (χ2n) is 5.73. The zero-order valence-corrected chi connectivity index (χ0v) is 14.5. The molecule has 1 fully saturated rings. The van der Waals surface area contributed by atoms with Gasteiger partial charge in [-0.05, 0) is 41.6 Å². The number of hydrogen-bond donors (Lipinski definition) is 1. The van der Waals surface area contributed by atoms with Crippen molar-refractivity contribution >= 4 is 15.9 Å². The Morgan fingerprint density at radius 3 is 2.70 bits per heavy atom. The van der Waals surface area contributed by atoms with Crippen molar-refractivity contribution in [1.82, 2.24) is 14.7 Å². The number of nitrogens with zero attached hydrogens (tertiary/aromatic N) is 3. The summed E-state index contributed by atoms with van der Waals surface area (Å²) in [6.45, 7) is 10.7. The maximum Gasteiger partial charge on any atom is 0.0767 e. The highest BCUT2D eigenvalue weighted by molar-refractivity contribution is 9.10. The van der Waals surface area contributed by atoms with Gasteiger partial charge in [-0.1, -0.05) is 20.3 Å². The second-order valence-corrected chi connectivity index (χ2v) is 6.53. The zero-order chi connectivity index (χ0) is 14.7. The first kappa shape index (κ1) is 16.0. The standard InChI is InChI=1S/C15H27BrN4/c1-4-11-9-19(8-7-12(11)17)10-14-15(16)13(5-2)18-20(14)6-3/h11-12H,4-10,17H2,1-3H3. The summed E-state index contributed by atoms with van der Waals surface area (Å²) in [4.78, 5) is 2.53. The number of likely N-dealkylation sites (tertiary alicyclic amines) is 1. The fraction of sp³-hybridized carbons (Fsp3) is 0.800. The highest BCUT2D eigenvalue weighted by atomic mass is 79.9. The Hall–Kier alpha value is -0.390. The summed E-state index contributed by atoms with van der Waals surface area (Å²) in [5.41, 5.74) is 8.69. The molecule has 1 aliphatic rings. The van der Waals surface area contributed by atoms with Crippen molar-refractivity contribution in [2.75, 3.05) is 13.1 Å². The van der Waals surface area contributed by atoms with Gasteiger partial charge in [-0.3, -0.25) is 9.58 Å². The van der Waals surface area contributed by atoms with Gasteiger partial charge in [0.05, 0.1) is 15.9 Å². The molecule has 0 bridgehead atoms. The smallest absolute Gasteiger partial charge is 0.0767 e. The van der Waals surface area contributed by atoms with Gasteiger partial charge in [-0.2, -0.15) is 5.10 Å². The summed E-state index contributed by atoms with van der Waals surface area (Å²) in [5, 5.41) is 4.68. The molecule has 2 unspecified atom stereocenters. The van der Waals surface area contributed by atoms with Gasteiger partial charge in [0.2, 0.25) is 0 Å². The Morgan fingerprint density at radius 2 is 2.10 bits per heavy atom. The predicted octanol–water partition coefficient (Wildman–Crippen LogP) is 2.79. The number of nitrogens with two attached hydrogens (primary N) is 1. The molecule has 0 aromatic carbocycles. The summed E-state index contributed by atoms with van der Waals surface area (Å²) >= 11 is 3.74. The topological polar surface area (TPSA) is 47.1 Å². The molecule has 0 amide bonds. The Labute approximate surface area is 130 Å². The van der Waals surface area contributed by atoms with E-state index in [1.165, 1.54) is 22.3 Å². The molecule has 1 aromatic rings. The first-order valence-electron chi connectivity index (χ1n) is 7.82. The summed E-state index contributed by atoms with van der Waals surface area (Å²) in [6, 6.07) is 0.377. The summed E-state index contributed by atoms with van der Waals surface area (Å²) < 4.78 is 3.34. The monoisotopic (exact) mass is 342 g/mol. The van der Waals surface area contributed by atoms with Gasteiger partial charge in [0.1, 0.15) is 0 Å². The van der Waals surface area contributed by atoms with Gasteiger partial charge >= 0.3 is 0 Å². The molecular weight excluding hydrogens is 316 g/mol. The van der Waals surface area contributed by atoms with Gasteiger partial charge < -0.3 is 5.73 Å². The molecule has 1 aliphatic heterocycles. The van der Waals surface area contributed by atoms with Crippen molar-refractivity contribution in [3.05, 3.63) is 15.9 Å². The molecular formula is C15H27BrN4. The van der Waals surface area contributed by atoms with E-state index in [0.717, 1.165) is 39.0 Å². The summed E-state index contributed by atoms with van der Waals surface area (Å²) in [7, 11) is 0. The molecule has 0 aliphatic carbocycles. The van der Waals surface area contributed by atoms with Crippen LogP contribution in [0.3, 0.4) is 0 Å². The highest BCUT2D eigenvalue weighted by Crippen LogP contribution is 2.26. The van der Waals surface area contributed by atoms with Crippen LogP contribution in [0.15, 0.2) is 4.47 Å². The van der Waals surface area contributed by atoms with E-state index >= 15 is 0 Å². The van der Waals surface area contributed by atoms with Crippen LogP contribution in [0, 0.1) is 5.92 Å². The molecule has 2 heterocycles. The largest absolute Gasteiger partial charge is 0.327 e. The number of rotatable bonds is 5. The Kier molecular flexibility index (Phi) is 5.64. The average molecular weight is 343 g/mol. The Balaban J connectivity index is 2.11. The third kappa shape index (κ3) is 3.26. The first-order valence-corrected chi connectivity index (χ1v) is 8.61. The lowest BCUT2D eigenvalue weighted by atomic mass is 9.90. The Morgan fingerprint density at radius 1 is 1.35 bits per heavy atom. The van der Waals surface area contributed by atoms with Crippen LogP contribution in [0.5, 0.6) is 0 Å². The van der Waals surface area contributed by atoms with E-state index in [1.807, 2.05) is 0 Å². The van der Waals surface area contributed by atoms with Crippen molar-refractivity contribution < 1.29 is 0 Å². The molecule has 0 spiro atoms. The van der Waals surface area contributed by atoms with Gasteiger partial charge in [0.15, 0.2) is 0 Å². The van der Waals surface area contributed by atoms with Crippen molar-refractivity contribution in [2.45, 2.75) is 59.2 Å². The molecule has 2 N–H and O–H groups in total. The maximum absolute atomic E-state index is 6.20. The highest BCUT2D eigenvalue weighted by Gasteiger charge is 2.26. The molecule has 2 atom stereocenters. The number of hydrogen-bond acceptors (Lipinski definition) is 3. The van der Waals surface area contributed by atoms with Crippen molar-refractivity contribution in [2.24, 2.45) is 11.7 Å². The van der Waals surface area contributed by atoms with E-state index in [4.69, 9.17) is 5.73 Å². The molecule has 4 nitrogen and oxygen atoms in total. The molecule has 114 valence electrons. The molecule has 0 radical (unpaired) electrons. The van der Waals surface area contributed by atoms with E-state index in [1.54, 1.807) is 0 Å². The zero-order valence-electron chi connectivity index (χ0n) is 12.9. The molecule has 1 saturated heterocycles. The number of piperidine rings is 1. The van der Waals surface area contributed by atoms with Crippen LogP contribution in [0.1, 0.15) is 45.0 Å². The van der Waals surface area contributed by atoms with Gasteiger partial charge in [-0.15, -0.1) is 0 Å². The lowest BCUT2D eigenvalue weighted by Crippen LogP contribution is -2.46. The second kappa shape index (κ2) is 7.05. The van der Waals surface area contributed by atoms with Crippen LogP contribution in [-0.4, -0.2) is 33.8 Å². The average Bonchev–Trinajstić information content (AvgIpc) is 2.77. The number of aryl methyl sites for hydroxylation is 2. The van der Waals surface area contributed by atoms with Crippen LogP contribution in [0.4, 0.5) is 0 Å². The van der Waals surface area contributed by atoms with E-state index in [-0.39, 0.29) is 0 Å². The lowest BCUT2D eigenvalue weighted by molar-refractivity contribution is 0.142. The first-order chi connectivity index (χ1) is 9.60. The fourth-order valence-corrected chi connectivity index (χ4v) is 3.77. The van der Waals surface area contributed by atoms with Crippen LogP contribution in [0.25, 0.3) is 0 Å². The number of halogens is 1. The van der Waals surface area contributed by atoms with Crippen molar-refractivity contribution in [3.63, 3.8) is 0 Å². The SMILES string of the molecule is CCc1nn(CC)c(CN2CCC(N)C(CC)C2)c1Br. The maximum atomic E-state index is 6.20. The van der Waals surface area contributed by atoms with Gasteiger partial charge in [-0.25, -0.2) is 0 Å². The Bertz CT molecular complexity index is 443. The van der Waals surface area contributed by atoms with Crippen molar-refractivity contribution in [1.29, 1.82) is 0 Å². The van der Waals surface area contributed by atoms with Crippen LogP contribution in [0.2, 0.25) is 0 Å². The quantitative estimate of drug-likeness (QED) is 0.894. The van der Waals surface area contributed by atoms with Gasteiger partial charge in [0, 0.05) is 32.2 Å². The van der Waals surface area contributed by atoms with Crippen LogP contribution >= 0.6 is 15.9 Å². The minimum Gasteiger partial charge on any atom is -0.327 e. The number of aromatic nitrogens is 2. The van der Waals surface area contributed by atoms with E-state index in [9.17, 15) is 0 Å². The van der Waals surface area contributed by atoms with Crippen LogP contribution in [-0.2, 0) is 19.5 Å². The normalized spacial score (nSPS) is 24.2. The third-order valence-electron chi connectivity index (χ3n) is 4.47. The van der Waals surface area contributed by atoms with Crippen LogP contribution < -0.4 is 5.73 Å². The predicted molar refractivity (Wildman–Crippen MR) is 86.6 cm³/mol. The molecule has 0 saturated carbocycles. The molecule has 5 heteroatoms. The van der Waals surface area contributed by atoms with E-state index in [2.05, 4.69) is 51.4 Å². The van der Waals surface area contributed by atoms with Crippen molar-refractivity contribution in [3.8, 4) is 0 Å². The summed E-state index contributed by atoms with van der Waals surface area (Å²) in [5.74, 6) is 0.631. The summed E-state index contributed by atoms with van der Waals surface area (Å²) in [6.07, 6.45) is 3.26. The molecule has 1 aromatic heterocycles. The van der Waals surface area contributed by atoms with E-state index in [0.29, 0.717) is 12.0 Å². The minimum atomic E-state index is 0.377. The lowest BCUT2D eigenvalue weighted by Gasteiger charge is -2.36. The van der Waals surface area contributed by atoms with E-state index < -0.39 is 0 Å². The molecule has 20 heavy (non-hydrogen) atoms. The van der Waals surface area contributed by atoms with Gasteiger partial charge in [0.25, 0.3) is 0 Å². The fourth-order valence-electron chi connectivity index (χ4n) is 3.08. The third-order valence-corrected chi connectivity index (χ3v) is 5.38. The minimum absolute atomic E-state index is 0.377. The molecule has 2 rings (SSSR count).